The molecule has 0 aromatic heterocycles. The molecule has 2 unspecified atom stereocenters. The van der Waals surface area contributed by atoms with E-state index >= 15 is 0 Å². The van der Waals surface area contributed by atoms with Crippen molar-refractivity contribution in [3.63, 3.8) is 0 Å². The van der Waals surface area contributed by atoms with Gasteiger partial charge in [0.15, 0.2) is 11.5 Å². The van der Waals surface area contributed by atoms with Gasteiger partial charge in [-0.05, 0) is 44.4 Å². The van der Waals surface area contributed by atoms with E-state index in [1.807, 2.05) is 32.0 Å². The number of nitrogens with zero attached hydrogens (tertiary/aromatic N) is 1. The third-order valence-corrected chi connectivity index (χ3v) is 4.35. The number of carbonyl (C=O) groups is 1. The van der Waals surface area contributed by atoms with E-state index in [0.717, 1.165) is 36.5 Å². The highest BCUT2D eigenvalue weighted by Crippen LogP contribution is 2.32. The summed E-state index contributed by atoms with van der Waals surface area (Å²) in [5.74, 6) is 1.50. The molecule has 2 aliphatic heterocycles. The highest BCUT2D eigenvalue weighted by Gasteiger charge is 2.25. The summed E-state index contributed by atoms with van der Waals surface area (Å²) in [6, 6.07) is 5.75. The molecule has 0 aliphatic carbocycles. The summed E-state index contributed by atoms with van der Waals surface area (Å²) in [5.41, 5.74) is 1.02. The lowest BCUT2D eigenvalue weighted by atomic mass is 10.1. The van der Waals surface area contributed by atoms with Crippen molar-refractivity contribution in [2.75, 3.05) is 19.9 Å². The van der Waals surface area contributed by atoms with E-state index in [-0.39, 0.29) is 25.0 Å². The third-order valence-electron chi connectivity index (χ3n) is 4.35. The number of carbonyl (C=O) groups excluding carboxylic acids is 1. The Morgan fingerprint density at radius 3 is 2.96 bits per heavy atom. The lowest BCUT2D eigenvalue weighted by molar-refractivity contribution is 0.0832. The summed E-state index contributed by atoms with van der Waals surface area (Å²) >= 11 is 0. The van der Waals surface area contributed by atoms with E-state index in [2.05, 4.69) is 5.32 Å². The van der Waals surface area contributed by atoms with E-state index in [1.54, 1.807) is 4.90 Å². The Morgan fingerprint density at radius 1 is 1.39 bits per heavy atom. The third kappa shape index (κ3) is 3.69. The molecule has 1 aromatic carbocycles. The van der Waals surface area contributed by atoms with Crippen molar-refractivity contribution in [1.82, 2.24) is 10.2 Å². The van der Waals surface area contributed by atoms with Crippen LogP contribution in [0.15, 0.2) is 18.2 Å². The Balaban J connectivity index is 1.59. The molecule has 1 N–H and O–H groups in total. The zero-order chi connectivity index (χ0) is 16.2. The van der Waals surface area contributed by atoms with Gasteiger partial charge in [0, 0.05) is 19.7 Å². The van der Waals surface area contributed by atoms with Crippen molar-refractivity contribution in [3.05, 3.63) is 23.8 Å². The molecule has 0 saturated carbocycles. The fourth-order valence-electron chi connectivity index (χ4n) is 2.96. The summed E-state index contributed by atoms with van der Waals surface area (Å²) < 4.78 is 16.3. The van der Waals surface area contributed by atoms with Gasteiger partial charge >= 0.3 is 6.03 Å². The van der Waals surface area contributed by atoms with Gasteiger partial charge in [0.2, 0.25) is 6.79 Å². The van der Waals surface area contributed by atoms with Crippen LogP contribution in [0.25, 0.3) is 0 Å². The number of hydrogen-bond acceptors (Lipinski definition) is 4. The minimum absolute atomic E-state index is 0.0239. The van der Waals surface area contributed by atoms with E-state index in [0.29, 0.717) is 13.1 Å². The Labute approximate surface area is 136 Å². The van der Waals surface area contributed by atoms with Gasteiger partial charge in [0.05, 0.1) is 12.1 Å². The number of fused-ring (bicyclic) bond motifs is 1. The van der Waals surface area contributed by atoms with Gasteiger partial charge in [-0.25, -0.2) is 4.79 Å². The zero-order valence-corrected chi connectivity index (χ0v) is 13.7. The normalized spacial score (nSPS) is 20.3. The average Bonchev–Trinajstić information content (AvgIpc) is 3.22. The first kappa shape index (κ1) is 15.9. The molecule has 23 heavy (non-hydrogen) atoms. The van der Waals surface area contributed by atoms with Gasteiger partial charge in [-0.1, -0.05) is 6.07 Å². The first-order valence-electron chi connectivity index (χ1n) is 8.23. The Bertz CT molecular complexity index is 558. The first-order chi connectivity index (χ1) is 11.2. The second kappa shape index (κ2) is 7.08. The van der Waals surface area contributed by atoms with Crippen LogP contribution >= 0.6 is 0 Å². The molecule has 2 aliphatic rings. The highest BCUT2D eigenvalue weighted by atomic mass is 16.7. The van der Waals surface area contributed by atoms with Crippen LogP contribution in [0, 0.1) is 0 Å². The van der Waals surface area contributed by atoms with Crippen molar-refractivity contribution >= 4 is 6.03 Å². The fraction of sp³-hybridized carbons (Fsp3) is 0.588. The summed E-state index contributed by atoms with van der Waals surface area (Å²) in [7, 11) is 0. The van der Waals surface area contributed by atoms with Crippen molar-refractivity contribution < 1.29 is 19.0 Å². The largest absolute Gasteiger partial charge is 0.454 e. The van der Waals surface area contributed by atoms with Crippen LogP contribution in [-0.4, -0.2) is 43.0 Å². The van der Waals surface area contributed by atoms with Crippen LogP contribution in [0.5, 0.6) is 11.5 Å². The maximum atomic E-state index is 12.5. The number of ether oxygens (including phenoxy) is 3. The van der Waals surface area contributed by atoms with Gasteiger partial charge in [-0.2, -0.15) is 0 Å². The maximum absolute atomic E-state index is 12.5. The molecule has 6 nitrogen and oxygen atoms in total. The highest BCUT2D eigenvalue weighted by molar-refractivity contribution is 5.74. The lowest BCUT2D eigenvalue weighted by Crippen LogP contribution is -2.47. The maximum Gasteiger partial charge on any atom is 0.317 e. The second-order valence-corrected chi connectivity index (χ2v) is 5.99. The van der Waals surface area contributed by atoms with Crippen molar-refractivity contribution in [1.29, 1.82) is 0 Å². The van der Waals surface area contributed by atoms with Crippen LogP contribution in [0.4, 0.5) is 4.79 Å². The van der Waals surface area contributed by atoms with E-state index in [9.17, 15) is 4.79 Å². The van der Waals surface area contributed by atoms with Crippen molar-refractivity contribution in [2.45, 2.75) is 45.4 Å². The van der Waals surface area contributed by atoms with Gasteiger partial charge < -0.3 is 24.4 Å². The molecule has 2 amide bonds. The van der Waals surface area contributed by atoms with Crippen LogP contribution in [-0.2, 0) is 11.3 Å². The van der Waals surface area contributed by atoms with Crippen molar-refractivity contribution in [3.8, 4) is 11.5 Å². The van der Waals surface area contributed by atoms with E-state index < -0.39 is 0 Å². The quantitative estimate of drug-likeness (QED) is 0.905. The van der Waals surface area contributed by atoms with E-state index in [4.69, 9.17) is 14.2 Å². The molecule has 1 saturated heterocycles. The first-order valence-corrected chi connectivity index (χ1v) is 8.23. The summed E-state index contributed by atoms with van der Waals surface area (Å²) in [4.78, 5) is 14.3. The molecule has 0 radical (unpaired) electrons. The molecule has 0 spiro atoms. The minimum atomic E-state index is -0.0619. The Kier molecular flexibility index (Phi) is 4.91. The molecular weight excluding hydrogens is 296 g/mol. The number of urea groups is 1. The standard InChI is InChI=1S/C17H24N2O4/c1-3-19(17(20)18-12(2)14-5-4-8-21-14)10-13-6-7-15-16(9-13)23-11-22-15/h6-7,9,12,14H,3-5,8,10-11H2,1-2H3,(H,18,20). The molecule has 0 bridgehead atoms. The Morgan fingerprint density at radius 2 is 2.22 bits per heavy atom. The molecule has 6 heteroatoms. The second-order valence-electron chi connectivity index (χ2n) is 5.99. The van der Waals surface area contributed by atoms with Gasteiger partial charge in [-0.3, -0.25) is 0 Å². The predicted octanol–water partition coefficient (Wildman–Crippen LogP) is 2.51. The van der Waals surface area contributed by atoms with Gasteiger partial charge in [-0.15, -0.1) is 0 Å². The monoisotopic (exact) mass is 320 g/mol. The Hall–Kier alpha value is -1.95. The summed E-state index contributed by atoms with van der Waals surface area (Å²) in [6.45, 7) is 6.20. The minimum Gasteiger partial charge on any atom is -0.454 e. The number of amides is 2. The number of hydrogen-bond donors (Lipinski definition) is 1. The average molecular weight is 320 g/mol. The van der Waals surface area contributed by atoms with Crippen LogP contribution in [0.2, 0.25) is 0 Å². The lowest BCUT2D eigenvalue weighted by Gasteiger charge is -2.26. The summed E-state index contributed by atoms with van der Waals surface area (Å²) in [5, 5.41) is 3.05. The molecule has 1 aromatic rings. The SMILES string of the molecule is CCN(Cc1ccc2c(c1)OCO2)C(=O)NC(C)C1CCCO1. The zero-order valence-electron chi connectivity index (χ0n) is 13.7. The van der Waals surface area contributed by atoms with Crippen LogP contribution in [0.3, 0.4) is 0 Å². The van der Waals surface area contributed by atoms with Crippen LogP contribution < -0.4 is 14.8 Å². The fourth-order valence-corrected chi connectivity index (χ4v) is 2.96. The summed E-state index contributed by atoms with van der Waals surface area (Å²) in [6.07, 6.45) is 2.21. The molecule has 2 atom stereocenters. The van der Waals surface area contributed by atoms with Gasteiger partial charge in [0.1, 0.15) is 0 Å². The molecule has 3 rings (SSSR count). The molecule has 2 heterocycles. The molecular formula is C17H24N2O4. The number of rotatable bonds is 5. The predicted molar refractivity (Wildman–Crippen MR) is 85.6 cm³/mol. The number of benzene rings is 1. The van der Waals surface area contributed by atoms with Gasteiger partial charge in [0.25, 0.3) is 0 Å². The van der Waals surface area contributed by atoms with E-state index in [1.165, 1.54) is 0 Å². The smallest absolute Gasteiger partial charge is 0.317 e. The van der Waals surface area contributed by atoms with Crippen molar-refractivity contribution in [2.24, 2.45) is 0 Å². The van der Waals surface area contributed by atoms with Crippen LogP contribution in [0.1, 0.15) is 32.3 Å². The topological polar surface area (TPSA) is 60.0 Å². The number of nitrogens with one attached hydrogen (secondary N) is 1. The molecule has 126 valence electrons. The molecule has 1 fully saturated rings.